The summed E-state index contributed by atoms with van der Waals surface area (Å²) in [5.41, 5.74) is 0.539. The molecule has 98 valence electrons. The highest BCUT2D eigenvalue weighted by Crippen LogP contribution is 2.06. The van der Waals surface area contributed by atoms with Crippen LogP contribution < -0.4 is 5.32 Å². The van der Waals surface area contributed by atoms with Crippen molar-refractivity contribution in [2.75, 3.05) is 6.54 Å². The van der Waals surface area contributed by atoms with Gasteiger partial charge in [0, 0.05) is 12.1 Å². The second kappa shape index (κ2) is 6.76. The van der Waals surface area contributed by atoms with Crippen molar-refractivity contribution in [2.45, 2.75) is 19.4 Å². The lowest BCUT2D eigenvalue weighted by Gasteiger charge is -2.17. The van der Waals surface area contributed by atoms with Crippen LogP contribution in [-0.4, -0.2) is 34.7 Å². The molecule has 1 aromatic carbocycles. The van der Waals surface area contributed by atoms with E-state index in [1.165, 1.54) is 0 Å². The van der Waals surface area contributed by atoms with E-state index in [2.05, 4.69) is 5.32 Å². The Morgan fingerprint density at radius 2 is 1.89 bits per heavy atom. The Balaban J connectivity index is 2.41. The SMILES string of the molecule is CC(CNC(=O)c1ccccc1)C(O)CC(=O)O. The third-order valence-corrected chi connectivity index (χ3v) is 2.66. The normalized spacial score (nSPS) is 13.7. The van der Waals surface area contributed by atoms with E-state index in [0.717, 1.165) is 0 Å². The molecule has 5 heteroatoms. The molecule has 0 aliphatic carbocycles. The molecule has 0 aromatic heterocycles. The van der Waals surface area contributed by atoms with Crippen molar-refractivity contribution in [1.82, 2.24) is 5.32 Å². The van der Waals surface area contributed by atoms with Crippen LogP contribution >= 0.6 is 0 Å². The number of carbonyl (C=O) groups excluding carboxylic acids is 1. The maximum Gasteiger partial charge on any atom is 0.305 e. The summed E-state index contributed by atoms with van der Waals surface area (Å²) in [5.74, 6) is -1.59. The summed E-state index contributed by atoms with van der Waals surface area (Å²) < 4.78 is 0. The maximum absolute atomic E-state index is 11.7. The lowest BCUT2D eigenvalue weighted by Crippen LogP contribution is -2.34. The molecule has 1 aromatic rings. The summed E-state index contributed by atoms with van der Waals surface area (Å²) in [4.78, 5) is 22.1. The van der Waals surface area contributed by atoms with Gasteiger partial charge in [0.1, 0.15) is 0 Å². The van der Waals surface area contributed by atoms with Gasteiger partial charge in [0.15, 0.2) is 0 Å². The van der Waals surface area contributed by atoms with Gasteiger partial charge in [-0.15, -0.1) is 0 Å². The third-order valence-electron chi connectivity index (χ3n) is 2.66. The first-order valence-corrected chi connectivity index (χ1v) is 5.74. The highest BCUT2D eigenvalue weighted by molar-refractivity contribution is 5.94. The Morgan fingerprint density at radius 3 is 2.44 bits per heavy atom. The zero-order valence-electron chi connectivity index (χ0n) is 10.2. The molecule has 2 atom stereocenters. The molecule has 2 unspecified atom stereocenters. The highest BCUT2D eigenvalue weighted by atomic mass is 16.4. The molecule has 0 saturated heterocycles. The Bertz CT molecular complexity index is 405. The summed E-state index contributed by atoms with van der Waals surface area (Å²) in [5, 5.41) is 20.7. The van der Waals surface area contributed by atoms with Crippen LogP contribution in [0, 0.1) is 5.92 Å². The van der Waals surface area contributed by atoms with Crippen LogP contribution in [-0.2, 0) is 4.79 Å². The average molecular weight is 251 g/mol. The molecule has 0 saturated carbocycles. The highest BCUT2D eigenvalue weighted by Gasteiger charge is 2.18. The zero-order chi connectivity index (χ0) is 13.5. The van der Waals surface area contributed by atoms with Gasteiger partial charge in [0.05, 0.1) is 12.5 Å². The Labute approximate surface area is 105 Å². The molecule has 3 N–H and O–H groups in total. The van der Waals surface area contributed by atoms with Crippen molar-refractivity contribution in [3.63, 3.8) is 0 Å². The van der Waals surface area contributed by atoms with Crippen LogP contribution in [0.5, 0.6) is 0 Å². The predicted molar refractivity (Wildman–Crippen MR) is 66.2 cm³/mol. The fraction of sp³-hybridized carbons (Fsp3) is 0.385. The van der Waals surface area contributed by atoms with Gasteiger partial charge in [-0.05, 0) is 18.1 Å². The summed E-state index contributed by atoms with van der Waals surface area (Å²) in [6.07, 6.45) is -1.28. The minimum atomic E-state index is -1.05. The van der Waals surface area contributed by atoms with Crippen molar-refractivity contribution >= 4 is 11.9 Å². The molecule has 0 bridgehead atoms. The summed E-state index contributed by atoms with van der Waals surface area (Å²) in [6.45, 7) is 1.93. The molecule has 18 heavy (non-hydrogen) atoms. The summed E-state index contributed by atoms with van der Waals surface area (Å²) >= 11 is 0. The van der Waals surface area contributed by atoms with E-state index >= 15 is 0 Å². The van der Waals surface area contributed by atoms with E-state index in [-0.39, 0.29) is 24.8 Å². The van der Waals surface area contributed by atoms with Crippen LogP contribution in [0.3, 0.4) is 0 Å². The number of hydrogen-bond acceptors (Lipinski definition) is 3. The number of amides is 1. The minimum Gasteiger partial charge on any atom is -0.481 e. The molecule has 1 rings (SSSR count). The molecular formula is C13H17NO4. The molecule has 5 nitrogen and oxygen atoms in total. The van der Waals surface area contributed by atoms with E-state index in [9.17, 15) is 14.7 Å². The molecule has 1 amide bonds. The van der Waals surface area contributed by atoms with E-state index in [1.54, 1.807) is 31.2 Å². The van der Waals surface area contributed by atoms with Crippen molar-refractivity contribution in [2.24, 2.45) is 5.92 Å². The number of aliphatic hydroxyl groups excluding tert-OH is 1. The van der Waals surface area contributed by atoms with Gasteiger partial charge in [-0.1, -0.05) is 25.1 Å². The van der Waals surface area contributed by atoms with Crippen molar-refractivity contribution in [3.8, 4) is 0 Å². The number of carboxylic acid groups (broad SMARTS) is 1. The van der Waals surface area contributed by atoms with E-state index < -0.39 is 12.1 Å². The average Bonchev–Trinajstić information content (AvgIpc) is 2.35. The van der Waals surface area contributed by atoms with Crippen molar-refractivity contribution in [3.05, 3.63) is 35.9 Å². The van der Waals surface area contributed by atoms with Crippen molar-refractivity contribution < 1.29 is 19.8 Å². The number of aliphatic carboxylic acids is 1. The molecule has 0 radical (unpaired) electrons. The first-order chi connectivity index (χ1) is 8.50. The smallest absolute Gasteiger partial charge is 0.305 e. The Kier molecular flexibility index (Phi) is 5.32. The van der Waals surface area contributed by atoms with Crippen LogP contribution in [0.25, 0.3) is 0 Å². The molecule has 0 aliphatic heterocycles. The summed E-state index contributed by atoms with van der Waals surface area (Å²) in [7, 11) is 0. The molecule has 0 aliphatic rings. The number of rotatable bonds is 6. The van der Waals surface area contributed by atoms with Crippen molar-refractivity contribution in [1.29, 1.82) is 0 Å². The van der Waals surface area contributed by atoms with Gasteiger partial charge < -0.3 is 15.5 Å². The largest absolute Gasteiger partial charge is 0.481 e. The molecular weight excluding hydrogens is 234 g/mol. The summed E-state index contributed by atoms with van der Waals surface area (Å²) in [6, 6.07) is 8.71. The Hall–Kier alpha value is -1.88. The number of carboxylic acids is 1. The van der Waals surface area contributed by atoms with Gasteiger partial charge in [-0.3, -0.25) is 9.59 Å². The molecule has 0 heterocycles. The fourth-order valence-electron chi connectivity index (χ4n) is 1.46. The second-order valence-electron chi connectivity index (χ2n) is 4.22. The maximum atomic E-state index is 11.7. The standard InChI is InChI=1S/C13H17NO4/c1-9(11(15)7-12(16)17)8-14-13(18)10-5-3-2-4-6-10/h2-6,9,11,15H,7-8H2,1H3,(H,14,18)(H,16,17). The van der Waals surface area contributed by atoms with Gasteiger partial charge in [0.25, 0.3) is 5.91 Å². The first-order valence-electron chi connectivity index (χ1n) is 5.74. The van der Waals surface area contributed by atoms with Gasteiger partial charge >= 0.3 is 5.97 Å². The molecule has 0 spiro atoms. The van der Waals surface area contributed by atoms with Gasteiger partial charge in [-0.25, -0.2) is 0 Å². The van der Waals surface area contributed by atoms with E-state index in [4.69, 9.17) is 5.11 Å². The number of hydrogen-bond donors (Lipinski definition) is 3. The number of benzene rings is 1. The topological polar surface area (TPSA) is 86.6 Å². The van der Waals surface area contributed by atoms with E-state index in [0.29, 0.717) is 5.56 Å². The number of nitrogens with one attached hydrogen (secondary N) is 1. The van der Waals surface area contributed by atoms with Gasteiger partial charge in [0.2, 0.25) is 0 Å². The van der Waals surface area contributed by atoms with Gasteiger partial charge in [-0.2, -0.15) is 0 Å². The Morgan fingerprint density at radius 1 is 1.28 bits per heavy atom. The quantitative estimate of drug-likeness (QED) is 0.700. The number of aliphatic hydroxyl groups is 1. The van der Waals surface area contributed by atoms with Crippen LogP contribution in [0.2, 0.25) is 0 Å². The monoisotopic (exact) mass is 251 g/mol. The fourth-order valence-corrected chi connectivity index (χ4v) is 1.46. The number of carbonyl (C=O) groups is 2. The molecule has 0 fully saturated rings. The van der Waals surface area contributed by atoms with Crippen LogP contribution in [0.15, 0.2) is 30.3 Å². The first kappa shape index (κ1) is 14.2. The second-order valence-corrected chi connectivity index (χ2v) is 4.22. The van der Waals surface area contributed by atoms with Crippen LogP contribution in [0.1, 0.15) is 23.7 Å². The lowest BCUT2D eigenvalue weighted by molar-refractivity contribution is -0.139. The third kappa shape index (κ3) is 4.55. The van der Waals surface area contributed by atoms with E-state index in [1.807, 2.05) is 6.07 Å². The lowest BCUT2D eigenvalue weighted by atomic mass is 10.0. The minimum absolute atomic E-state index is 0.232. The van der Waals surface area contributed by atoms with Crippen LogP contribution in [0.4, 0.5) is 0 Å². The zero-order valence-corrected chi connectivity index (χ0v) is 10.2. The predicted octanol–water partition coefficient (Wildman–Crippen LogP) is 0.888.